The molecule has 0 bridgehead atoms. The van der Waals surface area contributed by atoms with Gasteiger partial charge in [-0.05, 0) is 64.2 Å². The lowest BCUT2D eigenvalue weighted by atomic mass is 10.0. The average Bonchev–Trinajstić information content (AvgIpc) is 1.94. The van der Waals surface area contributed by atoms with Crippen molar-refractivity contribution in [3.63, 3.8) is 0 Å². The van der Waals surface area contributed by atoms with Crippen LogP contribution in [0.2, 0.25) is 0 Å². The molecule has 9 heteroatoms. The van der Waals surface area contributed by atoms with Crippen LogP contribution in [-0.2, 0) is 18.4 Å². The fraction of sp³-hybridized carbons (Fsp3) is 0.893. The van der Waals surface area contributed by atoms with E-state index < -0.39 is 20.0 Å². The Bertz CT molecular complexity index is 1660. The first kappa shape index (κ1) is 91.5. The van der Waals surface area contributed by atoms with E-state index in [1.165, 1.54) is 366 Å². The van der Waals surface area contributed by atoms with Crippen molar-refractivity contribution < 1.29 is 32.9 Å². The topological polar surface area (TPSA) is 105 Å². The van der Waals surface area contributed by atoms with Crippen LogP contribution in [0.15, 0.2) is 48.6 Å². The van der Waals surface area contributed by atoms with Crippen molar-refractivity contribution in [2.24, 2.45) is 0 Å². The molecule has 0 spiro atoms. The summed E-state index contributed by atoms with van der Waals surface area (Å²) in [6, 6.07) is -0.865. The van der Waals surface area contributed by atoms with Crippen molar-refractivity contribution in [1.82, 2.24) is 5.32 Å². The number of aliphatic hydroxyl groups excluding tert-OH is 1. The second-order valence-electron chi connectivity index (χ2n) is 29.8. The van der Waals surface area contributed by atoms with Gasteiger partial charge in [0.25, 0.3) is 0 Å². The molecule has 0 aromatic rings. The van der Waals surface area contributed by atoms with Gasteiger partial charge in [0.1, 0.15) is 13.2 Å². The number of phosphoric acid groups is 1. The first-order valence-corrected chi connectivity index (χ1v) is 43.0. The van der Waals surface area contributed by atoms with Crippen molar-refractivity contribution >= 4 is 13.7 Å². The zero-order valence-corrected chi connectivity index (χ0v) is 64.2. The molecule has 550 valence electrons. The van der Waals surface area contributed by atoms with Crippen molar-refractivity contribution in [3.05, 3.63) is 48.6 Å². The fourth-order valence-corrected chi connectivity index (χ4v) is 13.6. The monoisotopic (exact) mass is 1330 g/mol. The van der Waals surface area contributed by atoms with E-state index in [0.29, 0.717) is 17.4 Å². The zero-order valence-electron chi connectivity index (χ0n) is 63.3. The molecule has 3 N–H and O–H groups in total. The predicted molar refractivity (Wildman–Crippen MR) is 411 cm³/mol. The number of hydrogen-bond acceptors (Lipinski definition) is 5. The molecular formula is C84H164N2O6P+. The summed E-state index contributed by atoms with van der Waals surface area (Å²) in [5.74, 6) is -0.178. The summed E-state index contributed by atoms with van der Waals surface area (Å²) in [6.45, 7) is 4.85. The highest BCUT2D eigenvalue weighted by Gasteiger charge is 2.28. The number of nitrogens with zero attached hydrogens (tertiary/aromatic N) is 1. The Balaban J connectivity index is 3.94. The summed E-state index contributed by atoms with van der Waals surface area (Å²) in [6.07, 6.45) is 103. The van der Waals surface area contributed by atoms with Crippen molar-refractivity contribution in [2.45, 2.75) is 443 Å². The molecular weight excluding hydrogens is 1160 g/mol. The standard InChI is InChI=1S/C84H163N2O6P/c1-6-8-10-12-14-16-18-20-22-24-26-28-30-32-34-36-38-40-41-42-43-44-45-46-48-50-52-54-56-58-60-62-64-66-68-70-72-74-76-78-84(88)85-82(81-92-93(89,90)91-80-79-86(3,4)5)83(87)77-75-73-71-69-67-65-63-61-59-57-55-53-51-49-47-39-37-35-33-31-29-27-25-23-21-19-17-15-13-11-9-7-2/h18,20,24,26,67,69,75,77,82-83,87H,6-17,19,21-23,25,27-66,68,70-74,76,78-81H2,1-5H3,(H-,85,88,89,90)/p+1/b20-18-,26-24-,69-67+,77-75+. The van der Waals surface area contributed by atoms with Gasteiger partial charge in [-0.3, -0.25) is 13.8 Å². The minimum Gasteiger partial charge on any atom is -0.387 e. The first-order chi connectivity index (χ1) is 45.5. The molecule has 0 radical (unpaired) electrons. The second kappa shape index (κ2) is 74.7. The highest BCUT2D eigenvalue weighted by molar-refractivity contribution is 7.47. The van der Waals surface area contributed by atoms with Gasteiger partial charge in [-0.25, -0.2) is 4.57 Å². The molecule has 0 aromatic heterocycles. The normalized spacial score (nSPS) is 13.7. The molecule has 0 rings (SSSR count). The molecule has 0 saturated carbocycles. The third-order valence-corrected chi connectivity index (χ3v) is 20.3. The van der Waals surface area contributed by atoms with Crippen molar-refractivity contribution in [2.75, 3.05) is 40.9 Å². The number of carbonyl (C=O) groups is 1. The van der Waals surface area contributed by atoms with Crippen LogP contribution < -0.4 is 5.32 Å². The number of phosphoric ester groups is 1. The Morgan fingerprint density at radius 1 is 0.366 bits per heavy atom. The summed E-state index contributed by atoms with van der Waals surface area (Å²) < 4.78 is 23.9. The smallest absolute Gasteiger partial charge is 0.387 e. The molecule has 8 nitrogen and oxygen atoms in total. The molecule has 0 saturated heterocycles. The first-order valence-electron chi connectivity index (χ1n) is 41.5. The van der Waals surface area contributed by atoms with E-state index in [4.69, 9.17) is 9.05 Å². The van der Waals surface area contributed by atoms with Gasteiger partial charge in [-0.15, -0.1) is 0 Å². The number of allylic oxidation sites excluding steroid dienone is 7. The summed E-state index contributed by atoms with van der Waals surface area (Å²) in [7, 11) is 1.58. The maximum Gasteiger partial charge on any atom is 0.472 e. The van der Waals surface area contributed by atoms with Gasteiger partial charge in [0.15, 0.2) is 0 Å². The Morgan fingerprint density at radius 2 is 0.624 bits per heavy atom. The fourth-order valence-electron chi connectivity index (χ4n) is 12.9. The van der Waals surface area contributed by atoms with E-state index in [1.807, 2.05) is 27.2 Å². The van der Waals surface area contributed by atoms with Crippen LogP contribution in [0, 0.1) is 0 Å². The average molecular weight is 1330 g/mol. The number of amides is 1. The van der Waals surface area contributed by atoms with Gasteiger partial charge in [0.05, 0.1) is 39.9 Å². The molecule has 93 heavy (non-hydrogen) atoms. The molecule has 3 atom stereocenters. The van der Waals surface area contributed by atoms with Crippen LogP contribution in [0.4, 0.5) is 0 Å². The maximum atomic E-state index is 13.1. The quantitative estimate of drug-likeness (QED) is 0.0243. The number of likely N-dealkylation sites (N-methyl/N-ethyl adjacent to an activating group) is 1. The van der Waals surface area contributed by atoms with E-state index in [0.717, 1.165) is 44.9 Å². The highest BCUT2D eigenvalue weighted by atomic mass is 31.2. The van der Waals surface area contributed by atoms with Gasteiger partial charge >= 0.3 is 7.82 Å². The molecule has 0 aliphatic carbocycles. The molecule has 0 heterocycles. The Kier molecular flexibility index (Phi) is 73.4. The molecule has 3 unspecified atom stereocenters. The van der Waals surface area contributed by atoms with Crippen LogP contribution in [0.5, 0.6) is 0 Å². The predicted octanol–water partition coefficient (Wildman–Crippen LogP) is 27.3. The maximum absolute atomic E-state index is 13.1. The molecule has 0 aliphatic rings. The van der Waals surface area contributed by atoms with Gasteiger partial charge in [-0.2, -0.15) is 0 Å². The minimum atomic E-state index is -4.37. The molecule has 1 amide bonds. The van der Waals surface area contributed by atoms with E-state index in [9.17, 15) is 19.4 Å². The summed E-state index contributed by atoms with van der Waals surface area (Å²) in [4.78, 5) is 23.5. The Morgan fingerprint density at radius 3 is 0.925 bits per heavy atom. The highest BCUT2D eigenvalue weighted by Crippen LogP contribution is 2.43. The van der Waals surface area contributed by atoms with E-state index in [-0.39, 0.29) is 19.1 Å². The molecule has 0 aromatic carbocycles. The van der Waals surface area contributed by atoms with Crippen LogP contribution in [0.3, 0.4) is 0 Å². The largest absolute Gasteiger partial charge is 0.472 e. The third-order valence-electron chi connectivity index (χ3n) is 19.3. The lowest BCUT2D eigenvalue weighted by Gasteiger charge is -2.25. The molecule has 0 aliphatic heterocycles. The SMILES string of the molecule is CCCCCCC/C=C\C/C=C\CCCCCCCCCCCCCCCCCCCCCCCCCCCCCC(=O)NC(COP(=O)(O)OCC[N+](C)(C)C)C(O)/C=C/CC/C=C/CCCCCCCCCCCCCCCCCCCCCCCCCCCC. The third kappa shape index (κ3) is 77.7. The lowest BCUT2D eigenvalue weighted by Crippen LogP contribution is -2.45. The van der Waals surface area contributed by atoms with Crippen LogP contribution in [0.1, 0.15) is 431 Å². The van der Waals surface area contributed by atoms with Gasteiger partial charge in [0.2, 0.25) is 5.91 Å². The summed E-state index contributed by atoms with van der Waals surface area (Å²) in [5.41, 5.74) is 0. The summed E-state index contributed by atoms with van der Waals surface area (Å²) in [5, 5.41) is 14.0. The number of unbranched alkanes of at least 4 members (excludes halogenated alkanes) is 59. The number of carbonyl (C=O) groups excluding carboxylic acids is 1. The van der Waals surface area contributed by atoms with Gasteiger partial charge in [0, 0.05) is 6.42 Å². The number of quaternary nitrogens is 1. The van der Waals surface area contributed by atoms with Crippen molar-refractivity contribution in [1.29, 1.82) is 0 Å². The van der Waals surface area contributed by atoms with Gasteiger partial charge in [-0.1, -0.05) is 409 Å². The van der Waals surface area contributed by atoms with Crippen molar-refractivity contribution in [3.8, 4) is 0 Å². The molecule has 0 fully saturated rings. The zero-order chi connectivity index (χ0) is 67.6. The summed E-state index contributed by atoms with van der Waals surface area (Å²) >= 11 is 0. The van der Waals surface area contributed by atoms with Crippen LogP contribution >= 0.6 is 7.82 Å². The van der Waals surface area contributed by atoms with Crippen LogP contribution in [0.25, 0.3) is 0 Å². The Hall–Kier alpha value is -1.54. The number of nitrogens with one attached hydrogen (secondary N) is 1. The number of hydrogen-bond donors (Lipinski definition) is 3. The minimum absolute atomic E-state index is 0.0580. The second-order valence-corrected chi connectivity index (χ2v) is 31.3. The van der Waals surface area contributed by atoms with E-state index >= 15 is 0 Å². The number of rotatable bonds is 78. The van der Waals surface area contributed by atoms with Crippen LogP contribution in [-0.4, -0.2) is 73.4 Å². The Labute approximate surface area is 581 Å². The number of aliphatic hydroxyl groups is 1. The lowest BCUT2D eigenvalue weighted by molar-refractivity contribution is -0.870. The van der Waals surface area contributed by atoms with E-state index in [1.54, 1.807) is 6.08 Å². The van der Waals surface area contributed by atoms with E-state index in [2.05, 4.69) is 55.6 Å². The van der Waals surface area contributed by atoms with Gasteiger partial charge < -0.3 is 19.8 Å².